The second-order valence-electron chi connectivity index (χ2n) is 3.66. The van der Waals surface area contributed by atoms with Crippen molar-refractivity contribution >= 4 is 15.9 Å². The van der Waals surface area contributed by atoms with Crippen LogP contribution in [0.25, 0.3) is 0 Å². The lowest BCUT2D eigenvalue weighted by Gasteiger charge is -2.07. The summed E-state index contributed by atoms with van der Waals surface area (Å²) in [6.07, 6.45) is 0. The van der Waals surface area contributed by atoms with E-state index in [1.54, 1.807) is 12.1 Å². The van der Waals surface area contributed by atoms with Crippen molar-refractivity contribution in [3.05, 3.63) is 63.9 Å². The average molecular weight is 306 g/mol. The van der Waals surface area contributed by atoms with E-state index in [4.69, 9.17) is 10.00 Å². The summed E-state index contributed by atoms with van der Waals surface area (Å²) in [6.45, 7) is 0.100. The molecule has 0 radical (unpaired) electrons. The Hall–Kier alpha value is -1.86. The molecule has 0 heterocycles. The summed E-state index contributed by atoms with van der Waals surface area (Å²) >= 11 is 3.32. The lowest BCUT2D eigenvalue weighted by molar-refractivity contribution is 0.300. The molecule has 0 aliphatic heterocycles. The molecule has 2 rings (SSSR count). The van der Waals surface area contributed by atoms with Gasteiger partial charge >= 0.3 is 0 Å². The number of nitrogens with zero attached hydrogens (tertiary/aromatic N) is 1. The molecule has 0 spiro atoms. The molecule has 4 heteroatoms. The fraction of sp³-hybridized carbons (Fsp3) is 0.0714. The van der Waals surface area contributed by atoms with Gasteiger partial charge in [-0.15, -0.1) is 0 Å². The van der Waals surface area contributed by atoms with Crippen LogP contribution in [0.1, 0.15) is 11.1 Å². The molecular formula is C14H9BrFNO. The number of halogens is 2. The zero-order chi connectivity index (χ0) is 13.0. The van der Waals surface area contributed by atoms with E-state index < -0.39 is 0 Å². The molecule has 2 aromatic rings. The molecule has 90 valence electrons. The monoisotopic (exact) mass is 305 g/mol. The molecular weight excluding hydrogens is 297 g/mol. The highest BCUT2D eigenvalue weighted by Crippen LogP contribution is 2.18. The van der Waals surface area contributed by atoms with Crippen molar-refractivity contribution in [3.8, 4) is 11.8 Å². The van der Waals surface area contributed by atoms with Gasteiger partial charge in [-0.05, 0) is 42.5 Å². The van der Waals surface area contributed by atoms with E-state index in [1.165, 1.54) is 18.2 Å². The quantitative estimate of drug-likeness (QED) is 0.857. The Bertz CT molecular complexity index is 590. The van der Waals surface area contributed by atoms with E-state index in [1.807, 2.05) is 18.2 Å². The van der Waals surface area contributed by atoms with Crippen molar-refractivity contribution in [2.45, 2.75) is 6.61 Å². The van der Waals surface area contributed by atoms with E-state index in [2.05, 4.69) is 15.9 Å². The number of benzene rings is 2. The topological polar surface area (TPSA) is 33.0 Å². The van der Waals surface area contributed by atoms with Crippen LogP contribution >= 0.6 is 15.9 Å². The highest BCUT2D eigenvalue weighted by Gasteiger charge is 2.04. The summed E-state index contributed by atoms with van der Waals surface area (Å²) in [6, 6.07) is 13.5. The van der Waals surface area contributed by atoms with Crippen LogP contribution in [0.2, 0.25) is 0 Å². The van der Waals surface area contributed by atoms with Crippen LogP contribution in [0.3, 0.4) is 0 Å². The van der Waals surface area contributed by atoms with Gasteiger partial charge in [-0.1, -0.05) is 15.9 Å². The first-order valence-corrected chi connectivity index (χ1v) is 6.05. The van der Waals surface area contributed by atoms with Crippen molar-refractivity contribution in [3.63, 3.8) is 0 Å². The number of rotatable bonds is 3. The van der Waals surface area contributed by atoms with Gasteiger partial charge < -0.3 is 4.74 Å². The SMILES string of the molecule is N#Cc1ccc(F)c(COc2ccc(Br)cc2)c1. The van der Waals surface area contributed by atoms with Crippen molar-refractivity contribution in [2.24, 2.45) is 0 Å². The summed E-state index contributed by atoms with van der Waals surface area (Å²) in [7, 11) is 0. The molecule has 18 heavy (non-hydrogen) atoms. The molecule has 0 fully saturated rings. The molecule has 0 atom stereocenters. The Morgan fingerprint density at radius 2 is 1.89 bits per heavy atom. The van der Waals surface area contributed by atoms with E-state index in [0.29, 0.717) is 16.9 Å². The molecule has 0 bridgehead atoms. The molecule has 0 saturated heterocycles. The smallest absolute Gasteiger partial charge is 0.129 e. The van der Waals surface area contributed by atoms with E-state index in [9.17, 15) is 4.39 Å². The fourth-order valence-corrected chi connectivity index (χ4v) is 1.71. The third kappa shape index (κ3) is 3.08. The Kier molecular flexibility index (Phi) is 3.96. The molecule has 0 unspecified atom stereocenters. The van der Waals surface area contributed by atoms with Crippen molar-refractivity contribution in [1.82, 2.24) is 0 Å². The zero-order valence-electron chi connectivity index (χ0n) is 9.36. The average Bonchev–Trinajstić information content (AvgIpc) is 2.40. The number of hydrogen-bond donors (Lipinski definition) is 0. The van der Waals surface area contributed by atoms with Gasteiger partial charge in [0.1, 0.15) is 18.2 Å². The van der Waals surface area contributed by atoms with Crippen LogP contribution in [-0.4, -0.2) is 0 Å². The molecule has 0 saturated carbocycles. The number of nitriles is 1. The Labute approximate surface area is 113 Å². The summed E-state index contributed by atoms with van der Waals surface area (Å²) < 4.78 is 19.9. The van der Waals surface area contributed by atoms with E-state index in [0.717, 1.165) is 4.47 Å². The van der Waals surface area contributed by atoms with Crippen LogP contribution in [0.15, 0.2) is 46.9 Å². The molecule has 2 nitrogen and oxygen atoms in total. The van der Waals surface area contributed by atoms with Crippen molar-refractivity contribution in [2.75, 3.05) is 0 Å². The van der Waals surface area contributed by atoms with E-state index in [-0.39, 0.29) is 12.4 Å². The maximum absolute atomic E-state index is 13.5. The molecule has 0 aliphatic rings. The Morgan fingerprint density at radius 3 is 2.56 bits per heavy atom. The van der Waals surface area contributed by atoms with Gasteiger partial charge in [-0.3, -0.25) is 0 Å². The normalized spacial score (nSPS) is 9.83. The lowest BCUT2D eigenvalue weighted by atomic mass is 10.1. The second-order valence-corrected chi connectivity index (χ2v) is 4.58. The van der Waals surface area contributed by atoms with Gasteiger partial charge in [-0.25, -0.2) is 4.39 Å². The van der Waals surface area contributed by atoms with E-state index >= 15 is 0 Å². The summed E-state index contributed by atoms with van der Waals surface area (Å²) in [5, 5.41) is 8.75. The minimum Gasteiger partial charge on any atom is -0.489 e. The van der Waals surface area contributed by atoms with Crippen LogP contribution in [0.4, 0.5) is 4.39 Å². The first kappa shape index (κ1) is 12.6. The summed E-state index contributed by atoms with van der Waals surface area (Å²) in [4.78, 5) is 0. The van der Waals surface area contributed by atoms with Gasteiger partial charge in [0.2, 0.25) is 0 Å². The van der Waals surface area contributed by atoms with Crippen LogP contribution < -0.4 is 4.74 Å². The Morgan fingerprint density at radius 1 is 1.17 bits per heavy atom. The molecule has 0 N–H and O–H groups in total. The third-order valence-corrected chi connectivity index (χ3v) is 2.91. The maximum Gasteiger partial charge on any atom is 0.129 e. The number of hydrogen-bond acceptors (Lipinski definition) is 2. The van der Waals surface area contributed by atoms with Crippen molar-refractivity contribution < 1.29 is 9.13 Å². The Balaban J connectivity index is 2.10. The predicted molar refractivity (Wildman–Crippen MR) is 69.6 cm³/mol. The number of ether oxygens (including phenoxy) is 1. The third-order valence-electron chi connectivity index (χ3n) is 2.38. The minimum atomic E-state index is -0.369. The summed E-state index contributed by atoms with van der Waals surface area (Å²) in [5.74, 6) is 0.283. The van der Waals surface area contributed by atoms with Gasteiger partial charge in [0.15, 0.2) is 0 Å². The van der Waals surface area contributed by atoms with Crippen LogP contribution in [-0.2, 0) is 6.61 Å². The molecule has 0 amide bonds. The highest BCUT2D eigenvalue weighted by molar-refractivity contribution is 9.10. The van der Waals surface area contributed by atoms with Gasteiger partial charge in [0.25, 0.3) is 0 Å². The molecule has 2 aromatic carbocycles. The molecule has 0 aliphatic carbocycles. The van der Waals surface area contributed by atoms with Crippen LogP contribution in [0.5, 0.6) is 5.75 Å². The van der Waals surface area contributed by atoms with Gasteiger partial charge in [0, 0.05) is 10.0 Å². The first-order valence-electron chi connectivity index (χ1n) is 5.26. The molecule has 0 aromatic heterocycles. The fourth-order valence-electron chi connectivity index (χ4n) is 1.45. The zero-order valence-corrected chi connectivity index (χ0v) is 10.9. The first-order chi connectivity index (χ1) is 8.69. The van der Waals surface area contributed by atoms with Crippen LogP contribution in [0, 0.1) is 17.1 Å². The highest BCUT2D eigenvalue weighted by atomic mass is 79.9. The second kappa shape index (κ2) is 5.65. The largest absolute Gasteiger partial charge is 0.489 e. The minimum absolute atomic E-state index is 0.100. The standard InChI is InChI=1S/C14H9BrFNO/c15-12-2-4-13(5-3-12)18-9-11-7-10(8-17)1-6-14(11)16/h1-7H,9H2. The predicted octanol–water partition coefficient (Wildman–Crippen LogP) is 4.04. The summed E-state index contributed by atoms with van der Waals surface area (Å²) in [5.41, 5.74) is 0.794. The van der Waals surface area contributed by atoms with Gasteiger partial charge in [0.05, 0.1) is 11.6 Å². The maximum atomic E-state index is 13.5. The van der Waals surface area contributed by atoms with Crippen molar-refractivity contribution in [1.29, 1.82) is 5.26 Å². The van der Waals surface area contributed by atoms with Gasteiger partial charge in [-0.2, -0.15) is 5.26 Å². The lowest BCUT2D eigenvalue weighted by Crippen LogP contribution is -1.99.